The van der Waals surface area contributed by atoms with E-state index in [4.69, 9.17) is 0 Å². The molecule has 0 aliphatic heterocycles. The Morgan fingerprint density at radius 2 is 1.92 bits per heavy atom. The molecular weight excluding hydrogens is 185 g/mol. The lowest BCUT2D eigenvalue weighted by Gasteiger charge is -2.04. The van der Waals surface area contributed by atoms with Crippen molar-refractivity contribution >= 4 is 6.29 Å². The summed E-state index contributed by atoms with van der Waals surface area (Å²) in [5.41, 5.74) is -0.698. The van der Waals surface area contributed by atoms with E-state index in [1.165, 1.54) is 0 Å². The van der Waals surface area contributed by atoms with Gasteiger partial charge in [0.2, 0.25) is 12.1 Å². The number of carbonyl (C=O) groups excluding carboxylic acids is 1. The molecule has 5 heteroatoms. The van der Waals surface area contributed by atoms with Crippen LogP contribution in [-0.4, -0.2) is 13.4 Å². The maximum Gasteiger partial charge on any atom is 0.236 e. The summed E-state index contributed by atoms with van der Waals surface area (Å²) < 4.78 is 42.5. The Morgan fingerprint density at radius 1 is 1.31 bits per heavy atom. The maximum absolute atomic E-state index is 12.9. The van der Waals surface area contributed by atoms with Crippen LogP contribution in [0.4, 0.5) is 13.2 Å². The van der Waals surface area contributed by atoms with Gasteiger partial charge in [-0.2, -0.15) is 4.39 Å². The molecule has 0 N–H and O–H groups in total. The Hall–Kier alpha value is -1.52. The van der Waals surface area contributed by atoms with Crippen molar-refractivity contribution in [1.29, 1.82) is 0 Å². The van der Waals surface area contributed by atoms with Crippen molar-refractivity contribution in [2.45, 2.75) is 0 Å². The average molecular weight is 189 g/mol. The number of hydrogen-bond acceptors (Lipinski definition) is 2. The zero-order valence-corrected chi connectivity index (χ0v) is 6.53. The molecule has 0 heterocycles. The Bertz CT molecular complexity index is 350. The van der Waals surface area contributed by atoms with Gasteiger partial charge in [-0.15, -0.1) is 0 Å². The SMILES string of the molecule is COc1c(F)c(F)cc([C]=O)c1F. The van der Waals surface area contributed by atoms with Crippen LogP contribution in [0.5, 0.6) is 5.75 Å². The summed E-state index contributed by atoms with van der Waals surface area (Å²) in [5, 5.41) is 0. The lowest BCUT2D eigenvalue weighted by atomic mass is 10.2. The Balaban J connectivity index is 3.47. The first kappa shape index (κ1) is 9.57. The smallest absolute Gasteiger partial charge is 0.236 e. The number of ether oxygens (including phenoxy) is 1. The van der Waals surface area contributed by atoms with Crippen LogP contribution in [0.15, 0.2) is 6.07 Å². The first-order valence-corrected chi connectivity index (χ1v) is 3.21. The van der Waals surface area contributed by atoms with Gasteiger partial charge in [-0.05, 0) is 6.07 Å². The van der Waals surface area contributed by atoms with Gasteiger partial charge in [0.25, 0.3) is 0 Å². The molecule has 0 fully saturated rings. The minimum Gasteiger partial charge on any atom is -0.491 e. The van der Waals surface area contributed by atoms with Crippen molar-refractivity contribution in [3.05, 3.63) is 29.1 Å². The Kier molecular flexibility index (Phi) is 2.55. The van der Waals surface area contributed by atoms with Crippen LogP contribution in [0.3, 0.4) is 0 Å². The molecule has 0 atom stereocenters. The Morgan fingerprint density at radius 3 is 2.38 bits per heavy atom. The zero-order chi connectivity index (χ0) is 10.0. The highest BCUT2D eigenvalue weighted by Crippen LogP contribution is 2.25. The van der Waals surface area contributed by atoms with Gasteiger partial charge < -0.3 is 4.74 Å². The number of benzene rings is 1. The molecule has 0 spiro atoms. The molecule has 0 bridgehead atoms. The highest BCUT2D eigenvalue weighted by atomic mass is 19.2. The van der Waals surface area contributed by atoms with E-state index in [-0.39, 0.29) is 0 Å². The molecule has 69 valence electrons. The van der Waals surface area contributed by atoms with E-state index in [0.717, 1.165) is 13.4 Å². The monoisotopic (exact) mass is 189 g/mol. The molecular formula is C8H4F3O2. The molecule has 0 unspecified atom stereocenters. The van der Waals surface area contributed by atoms with E-state index in [9.17, 15) is 18.0 Å². The summed E-state index contributed by atoms with van der Waals surface area (Å²) in [5.74, 6) is -4.98. The third kappa shape index (κ3) is 1.49. The summed E-state index contributed by atoms with van der Waals surface area (Å²) >= 11 is 0. The summed E-state index contributed by atoms with van der Waals surface area (Å²) in [6, 6.07) is 0.417. The van der Waals surface area contributed by atoms with E-state index in [2.05, 4.69) is 4.74 Å². The molecule has 2 nitrogen and oxygen atoms in total. The molecule has 0 saturated heterocycles. The molecule has 0 saturated carbocycles. The fourth-order valence-corrected chi connectivity index (χ4v) is 0.834. The second kappa shape index (κ2) is 3.47. The van der Waals surface area contributed by atoms with Crippen molar-refractivity contribution in [3.63, 3.8) is 0 Å². The summed E-state index contributed by atoms with van der Waals surface area (Å²) in [6.45, 7) is 0. The lowest BCUT2D eigenvalue weighted by Crippen LogP contribution is -2.00. The summed E-state index contributed by atoms with van der Waals surface area (Å²) in [7, 11) is 0.968. The fourth-order valence-electron chi connectivity index (χ4n) is 0.834. The maximum atomic E-state index is 12.9. The van der Waals surface area contributed by atoms with Crippen molar-refractivity contribution in [1.82, 2.24) is 0 Å². The average Bonchev–Trinajstić information content (AvgIpc) is 2.12. The molecule has 0 aromatic heterocycles. The molecule has 1 aromatic rings. The van der Waals surface area contributed by atoms with Crippen molar-refractivity contribution in [2.24, 2.45) is 0 Å². The summed E-state index contributed by atoms with van der Waals surface area (Å²) in [4.78, 5) is 10.0. The topological polar surface area (TPSA) is 26.3 Å². The number of halogens is 3. The zero-order valence-electron chi connectivity index (χ0n) is 6.53. The highest BCUT2D eigenvalue weighted by Gasteiger charge is 2.19. The molecule has 0 aliphatic rings. The van der Waals surface area contributed by atoms with Crippen molar-refractivity contribution in [2.75, 3.05) is 7.11 Å². The van der Waals surface area contributed by atoms with Crippen LogP contribution < -0.4 is 4.74 Å². The second-order valence-corrected chi connectivity index (χ2v) is 2.17. The van der Waals surface area contributed by atoms with Crippen molar-refractivity contribution < 1.29 is 22.7 Å². The third-order valence-electron chi connectivity index (χ3n) is 1.43. The van der Waals surface area contributed by atoms with Crippen LogP contribution in [0.2, 0.25) is 0 Å². The largest absolute Gasteiger partial charge is 0.491 e. The molecule has 1 radical (unpaired) electrons. The first-order chi connectivity index (χ1) is 6.11. The predicted octanol–water partition coefficient (Wildman–Crippen LogP) is 1.57. The minimum atomic E-state index is -1.46. The van der Waals surface area contributed by atoms with Gasteiger partial charge in [0.1, 0.15) is 0 Å². The molecule has 1 aromatic carbocycles. The third-order valence-corrected chi connectivity index (χ3v) is 1.43. The number of methoxy groups -OCH3 is 1. The minimum absolute atomic E-state index is 0.417. The van der Waals surface area contributed by atoms with Gasteiger partial charge in [-0.1, -0.05) is 0 Å². The standard InChI is InChI=1S/C8H4F3O2/c1-13-8-6(10)4(3-12)2-5(9)7(8)11/h2H,1H3. The first-order valence-electron chi connectivity index (χ1n) is 3.21. The van der Waals surface area contributed by atoms with Gasteiger partial charge in [-0.25, -0.2) is 8.78 Å². The molecule has 0 amide bonds. The van der Waals surface area contributed by atoms with E-state index in [1.807, 2.05) is 0 Å². The highest BCUT2D eigenvalue weighted by molar-refractivity contribution is 5.76. The van der Waals surface area contributed by atoms with Gasteiger partial charge in [0, 0.05) is 0 Å². The van der Waals surface area contributed by atoms with Crippen molar-refractivity contribution in [3.8, 4) is 5.75 Å². The van der Waals surface area contributed by atoms with Crippen LogP contribution in [0.1, 0.15) is 5.56 Å². The predicted molar refractivity (Wildman–Crippen MR) is 37.7 cm³/mol. The van der Waals surface area contributed by atoms with E-state index < -0.39 is 28.8 Å². The fraction of sp³-hybridized carbons (Fsp3) is 0.125. The van der Waals surface area contributed by atoms with Gasteiger partial charge in [-0.3, -0.25) is 4.79 Å². The van der Waals surface area contributed by atoms with Gasteiger partial charge >= 0.3 is 0 Å². The van der Waals surface area contributed by atoms with Crippen LogP contribution in [0, 0.1) is 17.5 Å². The van der Waals surface area contributed by atoms with E-state index >= 15 is 0 Å². The molecule has 13 heavy (non-hydrogen) atoms. The van der Waals surface area contributed by atoms with Gasteiger partial charge in [0.15, 0.2) is 17.4 Å². The van der Waals surface area contributed by atoms with Gasteiger partial charge in [0.05, 0.1) is 12.7 Å². The Labute approximate surface area is 71.9 Å². The number of hydrogen-bond donors (Lipinski definition) is 0. The number of rotatable bonds is 2. The lowest BCUT2D eigenvalue weighted by molar-refractivity contribution is 0.346. The normalized spacial score (nSPS) is 9.85. The van der Waals surface area contributed by atoms with Crippen LogP contribution in [0.25, 0.3) is 0 Å². The molecule has 0 aliphatic carbocycles. The van der Waals surface area contributed by atoms with Crippen LogP contribution in [-0.2, 0) is 4.79 Å². The quantitative estimate of drug-likeness (QED) is 0.660. The van der Waals surface area contributed by atoms with E-state index in [0.29, 0.717) is 6.07 Å². The molecule has 1 rings (SSSR count). The summed E-state index contributed by atoms with van der Waals surface area (Å²) in [6.07, 6.45) is 1.13. The second-order valence-electron chi connectivity index (χ2n) is 2.17. The van der Waals surface area contributed by atoms with Crippen LogP contribution >= 0.6 is 0 Å². The van der Waals surface area contributed by atoms with E-state index in [1.54, 1.807) is 0 Å².